The number of furan rings is 1. The fourth-order valence-corrected chi connectivity index (χ4v) is 4.32. The standard InChI is InChI=1S/C19H22N2O5S/c1-12-11-14(20-16(22)13-7-6-10-26-13)27-15(12)17(23)21-19(18(24)25-2)8-4-3-5-9-19/h6-7,10-11H,3-5,8-9H2,1-2H3,(H,20,22)(H,21,23). The van der Waals surface area contributed by atoms with E-state index in [1.54, 1.807) is 25.1 Å². The molecule has 2 heterocycles. The Kier molecular flexibility index (Phi) is 5.65. The third-order valence-corrected chi connectivity index (χ3v) is 5.89. The molecule has 7 nitrogen and oxygen atoms in total. The summed E-state index contributed by atoms with van der Waals surface area (Å²) in [7, 11) is 1.34. The zero-order valence-electron chi connectivity index (χ0n) is 15.3. The quantitative estimate of drug-likeness (QED) is 0.762. The van der Waals surface area contributed by atoms with Crippen molar-refractivity contribution in [3.8, 4) is 0 Å². The first kappa shape index (κ1) is 19.2. The monoisotopic (exact) mass is 390 g/mol. The van der Waals surface area contributed by atoms with Crippen molar-refractivity contribution in [1.29, 1.82) is 0 Å². The van der Waals surface area contributed by atoms with Crippen molar-refractivity contribution in [1.82, 2.24) is 5.32 Å². The Morgan fingerprint density at radius 3 is 2.56 bits per heavy atom. The SMILES string of the molecule is COC(=O)C1(NC(=O)c2sc(NC(=O)c3ccco3)cc2C)CCCCC1. The van der Waals surface area contributed by atoms with E-state index >= 15 is 0 Å². The number of aryl methyl sites for hydroxylation is 1. The van der Waals surface area contributed by atoms with Crippen molar-refractivity contribution in [2.75, 3.05) is 12.4 Å². The molecule has 8 heteroatoms. The highest BCUT2D eigenvalue weighted by molar-refractivity contribution is 7.18. The first-order valence-electron chi connectivity index (χ1n) is 8.81. The van der Waals surface area contributed by atoms with Gasteiger partial charge in [-0.05, 0) is 43.5 Å². The van der Waals surface area contributed by atoms with E-state index in [1.165, 1.54) is 13.4 Å². The lowest BCUT2D eigenvalue weighted by Gasteiger charge is -2.35. The van der Waals surface area contributed by atoms with Crippen LogP contribution in [0.25, 0.3) is 0 Å². The summed E-state index contributed by atoms with van der Waals surface area (Å²) in [5.74, 6) is -0.926. The van der Waals surface area contributed by atoms with Gasteiger partial charge in [-0.2, -0.15) is 0 Å². The number of nitrogens with one attached hydrogen (secondary N) is 2. The first-order valence-corrected chi connectivity index (χ1v) is 9.63. The molecule has 0 aromatic carbocycles. The van der Waals surface area contributed by atoms with E-state index < -0.39 is 11.5 Å². The average Bonchev–Trinajstić information content (AvgIpc) is 3.31. The van der Waals surface area contributed by atoms with Crippen LogP contribution in [0.3, 0.4) is 0 Å². The predicted octanol–water partition coefficient (Wildman–Crippen LogP) is 3.51. The van der Waals surface area contributed by atoms with E-state index in [0.717, 1.165) is 36.2 Å². The largest absolute Gasteiger partial charge is 0.467 e. The van der Waals surface area contributed by atoms with Crippen molar-refractivity contribution < 1.29 is 23.5 Å². The number of carbonyl (C=O) groups is 3. The average molecular weight is 390 g/mol. The van der Waals surface area contributed by atoms with Crippen LogP contribution >= 0.6 is 11.3 Å². The van der Waals surface area contributed by atoms with Gasteiger partial charge in [-0.1, -0.05) is 19.3 Å². The summed E-state index contributed by atoms with van der Waals surface area (Å²) in [4.78, 5) is 37.7. The lowest BCUT2D eigenvalue weighted by molar-refractivity contribution is -0.149. The molecule has 0 bridgehead atoms. The van der Waals surface area contributed by atoms with Crippen LogP contribution in [0.2, 0.25) is 0 Å². The third kappa shape index (κ3) is 4.05. The van der Waals surface area contributed by atoms with Gasteiger partial charge in [0.2, 0.25) is 0 Å². The summed E-state index contributed by atoms with van der Waals surface area (Å²) in [6.45, 7) is 1.79. The molecule has 2 amide bonds. The summed E-state index contributed by atoms with van der Waals surface area (Å²) in [5.41, 5.74) is -0.249. The molecule has 0 unspecified atom stereocenters. The van der Waals surface area contributed by atoms with E-state index in [4.69, 9.17) is 9.15 Å². The van der Waals surface area contributed by atoms with Crippen LogP contribution in [0.1, 0.15) is 57.9 Å². The van der Waals surface area contributed by atoms with Gasteiger partial charge in [0.25, 0.3) is 11.8 Å². The third-order valence-electron chi connectivity index (χ3n) is 4.74. The second-order valence-corrected chi connectivity index (χ2v) is 7.69. The van der Waals surface area contributed by atoms with E-state index in [1.807, 2.05) is 0 Å². The van der Waals surface area contributed by atoms with E-state index in [0.29, 0.717) is 22.7 Å². The second kappa shape index (κ2) is 7.96. The van der Waals surface area contributed by atoms with Gasteiger partial charge in [-0.15, -0.1) is 11.3 Å². The van der Waals surface area contributed by atoms with Crippen LogP contribution in [0, 0.1) is 6.92 Å². The molecule has 0 atom stereocenters. The van der Waals surface area contributed by atoms with E-state index in [2.05, 4.69) is 10.6 Å². The van der Waals surface area contributed by atoms with Crippen LogP contribution in [0.5, 0.6) is 0 Å². The number of hydrogen-bond acceptors (Lipinski definition) is 6. The normalized spacial score (nSPS) is 15.8. The zero-order chi connectivity index (χ0) is 19.4. The Balaban J connectivity index is 1.75. The van der Waals surface area contributed by atoms with Crippen LogP contribution < -0.4 is 10.6 Å². The molecule has 2 N–H and O–H groups in total. The number of rotatable bonds is 5. The van der Waals surface area contributed by atoms with Gasteiger partial charge in [0.1, 0.15) is 5.54 Å². The van der Waals surface area contributed by atoms with Gasteiger partial charge in [0, 0.05) is 0 Å². The molecule has 3 rings (SSSR count). The molecule has 144 valence electrons. The summed E-state index contributed by atoms with van der Waals surface area (Å²) in [6.07, 6.45) is 5.32. The number of ether oxygens (including phenoxy) is 1. The smallest absolute Gasteiger partial charge is 0.331 e. The Morgan fingerprint density at radius 2 is 1.93 bits per heavy atom. The van der Waals surface area contributed by atoms with Crippen molar-refractivity contribution in [2.45, 2.75) is 44.6 Å². The Labute approximate surface area is 161 Å². The second-order valence-electron chi connectivity index (χ2n) is 6.64. The van der Waals surface area contributed by atoms with Crippen molar-refractivity contribution >= 4 is 34.1 Å². The molecule has 0 spiro atoms. The molecular weight excluding hydrogens is 368 g/mol. The molecule has 0 saturated heterocycles. The first-order chi connectivity index (χ1) is 12.9. The van der Waals surface area contributed by atoms with E-state index in [9.17, 15) is 14.4 Å². The minimum absolute atomic E-state index is 0.193. The van der Waals surface area contributed by atoms with Crippen LogP contribution in [0.15, 0.2) is 28.9 Å². The molecule has 0 aliphatic heterocycles. The number of anilines is 1. The summed E-state index contributed by atoms with van der Waals surface area (Å²) >= 11 is 1.16. The fourth-order valence-electron chi connectivity index (χ4n) is 3.36. The summed E-state index contributed by atoms with van der Waals surface area (Å²) in [6, 6.07) is 4.92. The number of esters is 1. The van der Waals surface area contributed by atoms with Gasteiger partial charge < -0.3 is 19.8 Å². The molecule has 1 aliphatic carbocycles. The maximum absolute atomic E-state index is 12.8. The molecule has 0 radical (unpaired) electrons. The molecular formula is C19H22N2O5S. The number of amides is 2. The number of thiophene rings is 1. The van der Waals surface area contributed by atoms with Gasteiger partial charge in [0.05, 0.1) is 23.3 Å². The molecule has 2 aromatic rings. The fraction of sp³-hybridized carbons (Fsp3) is 0.421. The van der Waals surface area contributed by atoms with Crippen molar-refractivity contribution in [3.63, 3.8) is 0 Å². The maximum Gasteiger partial charge on any atom is 0.331 e. The Bertz CT molecular complexity index is 834. The summed E-state index contributed by atoms with van der Waals surface area (Å²) in [5, 5.41) is 6.16. The lowest BCUT2D eigenvalue weighted by atomic mass is 9.81. The minimum Gasteiger partial charge on any atom is -0.467 e. The number of hydrogen-bond donors (Lipinski definition) is 2. The van der Waals surface area contributed by atoms with Gasteiger partial charge in [0.15, 0.2) is 5.76 Å². The number of carbonyl (C=O) groups excluding carboxylic acids is 3. The van der Waals surface area contributed by atoms with Crippen LogP contribution in [0.4, 0.5) is 5.00 Å². The highest BCUT2D eigenvalue weighted by Crippen LogP contribution is 2.32. The maximum atomic E-state index is 12.8. The topological polar surface area (TPSA) is 97.6 Å². The van der Waals surface area contributed by atoms with Crippen LogP contribution in [-0.4, -0.2) is 30.4 Å². The molecule has 2 aromatic heterocycles. The van der Waals surface area contributed by atoms with Gasteiger partial charge >= 0.3 is 5.97 Å². The minimum atomic E-state index is -0.974. The number of methoxy groups -OCH3 is 1. The highest BCUT2D eigenvalue weighted by Gasteiger charge is 2.42. The molecule has 1 fully saturated rings. The van der Waals surface area contributed by atoms with Gasteiger partial charge in [-0.25, -0.2) is 4.79 Å². The van der Waals surface area contributed by atoms with Crippen LogP contribution in [-0.2, 0) is 9.53 Å². The highest BCUT2D eigenvalue weighted by atomic mass is 32.1. The van der Waals surface area contributed by atoms with Crippen molar-refractivity contribution in [3.05, 3.63) is 40.7 Å². The van der Waals surface area contributed by atoms with E-state index in [-0.39, 0.29) is 17.6 Å². The Morgan fingerprint density at radius 1 is 1.19 bits per heavy atom. The molecule has 27 heavy (non-hydrogen) atoms. The van der Waals surface area contributed by atoms with Crippen molar-refractivity contribution in [2.24, 2.45) is 0 Å². The zero-order valence-corrected chi connectivity index (χ0v) is 16.1. The Hall–Kier alpha value is -2.61. The summed E-state index contributed by atoms with van der Waals surface area (Å²) < 4.78 is 10.0. The lowest BCUT2D eigenvalue weighted by Crippen LogP contribution is -2.56. The molecule has 1 aliphatic rings. The predicted molar refractivity (Wildman–Crippen MR) is 101 cm³/mol. The molecule has 1 saturated carbocycles. The van der Waals surface area contributed by atoms with Gasteiger partial charge in [-0.3, -0.25) is 9.59 Å².